The number of benzene rings is 1. The van der Waals surface area contributed by atoms with Crippen LogP contribution in [0.1, 0.15) is 52.1 Å². The number of carbonyl (C=O) groups is 1. The molecule has 1 amide bonds. The third-order valence-corrected chi connectivity index (χ3v) is 10.6. The van der Waals surface area contributed by atoms with E-state index in [1.165, 1.54) is 18.0 Å². The highest BCUT2D eigenvalue weighted by molar-refractivity contribution is 7.18. The molecular formula is C35H34F3N9OS. The summed E-state index contributed by atoms with van der Waals surface area (Å²) in [6.07, 6.45) is 0.779. The fourth-order valence-corrected chi connectivity index (χ4v) is 7.99. The zero-order valence-corrected chi connectivity index (χ0v) is 27.5. The highest BCUT2D eigenvalue weighted by Gasteiger charge is 2.51. The molecule has 5 aromatic rings. The van der Waals surface area contributed by atoms with Crippen molar-refractivity contribution < 1.29 is 18.0 Å². The third-order valence-electron chi connectivity index (χ3n) is 9.54. The molecule has 3 unspecified atom stereocenters. The van der Waals surface area contributed by atoms with Gasteiger partial charge in [-0.15, -0.1) is 11.3 Å². The number of hydrogen-bond acceptors (Lipinski definition) is 9. The quantitative estimate of drug-likeness (QED) is 0.156. The zero-order chi connectivity index (χ0) is 34.4. The maximum atomic E-state index is 13.0. The van der Waals surface area contributed by atoms with Crippen LogP contribution in [0, 0.1) is 18.3 Å². The summed E-state index contributed by atoms with van der Waals surface area (Å²) >= 11 is 1.05. The Hall–Kier alpha value is -4.84. The van der Waals surface area contributed by atoms with Crippen molar-refractivity contribution in [1.29, 1.82) is 5.26 Å². The number of nitriles is 1. The number of nitrogens with one attached hydrogen (secondary N) is 2. The summed E-state index contributed by atoms with van der Waals surface area (Å²) in [5.74, 6) is 0.656. The molecule has 7 rings (SSSR count). The van der Waals surface area contributed by atoms with E-state index in [-0.39, 0.29) is 34.8 Å². The zero-order valence-electron chi connectivity index (χ0n) is 26.7. The van der Waals surface area contributed by atoms with Gasteiger partial charge in [0.05, 0.1) is 17.8 Å². The molecule has 1 saturated heterocycles. The summed E-state index contributed by atoms with van der Waals surface area (Å²) in [4.78, 5) is 27.7. The smallest absolute Gasteiger partial charge is 0.367 e. The van der Waals surface area contributed by atoms with Gasteiger partial charge in [-0.2, -0.15) is 18.4 Å². The predicted molar refractivity (Wildman–Crippen MR) is 183 cm³/mol. The van der Waals surface area contributed by atoms with Crippen molar-refractivity contribution in [1.82, 2.24) is 24.4 Å². The van der Waals surface area contributed by atoms with Gasteiger partial charge in [-0.3, -0.25) is 9.69 Å². The molecule has 0 radical (unpaired) electrons. The molecule has 1 saturated carbocycles. The van der Waals surface area contributed by atoms with Crippen LogP contribution in [-0.2, 0) is 17.8 Å². The molecule has 252 valence electrons. The van der Waals surface area contributed by atoms with E-state index in [0.717, 1.165) is 65.8 Å². The number of nitrogens with two attached hydrogens (primary N) is 1. The van der Waals surface area contributed by atoms with Crippen molar-refractivity contribution in [3.8, 4) is 6.07 Å². The van der Waals surface area contributed by atoms with Crippen LogP contribution in [-0.4, -0.2) is 61.7 Å². The van der Waals surface area contributed by atoms with Crippen molar-refractivity contribution in [2.45, 2.75) is 63.0 Å². The summed E-state index contributed by atoms with van der Waals surface area (Å²) in [6.45, 7) is 8.00. The van der Waals surface area contributed by atoms with E-state index in [1.807, 2.05) is 12.1 Å². The van der Waals surface area contributed by atoms with Crippen LogP contribution in [0.3, 0.4) is 0 Å². The van der Waals surface area contributed by atoms with Crippen molar-refractivity contribution in [2.24, 2.45) is 5.73 Å². The monoisotopic (exact) mass is 685 g/mol. The van der Waals surface area contributed by atoms with Gasteiger partial charge < -0.3 is 20.9 Å². The number of piperidine rings is 1. The van der Waals surface area contributed by atoms with E-state index >= 15 is 0 Å². The normalized spacial score (nSPS) is 20.0. The fraction of sp³-hybridized carbons (Fsp3) is 0.343. The minimum atomic E-state index is -4.27. The van der Waals surface area contributed by atoms with Crippen LogP contribution < -0.4 is 16.4 Å². The van der Waals surface area contributed by atoms with Gasteiger partial charge in [-0.1, -0.05) is 18.7 Å². The van der Waals surface area contributed by atoms with Gasteiger partial charge in [0.15, 0.2) is 0 Å². The lowest BCUT2D eigenvalue weighted by atomic mass is 10.0. The average Bonchev–Trinajstić information content (AvgIpc) is 3.37. The highest BCUT2D eigenvalue weighted by Crippen LogP contribution is 2.52. The molecule has 14 heteroatoms. The van der Waals surface area contributed by atoms with Crippen molar-refractivity contribution >= 4 is 50.0 Å². The predicted octanol–water partition coefficient (Wildman–Crippen LogP) is 6.19. The molecule has 5 heterocycles. The molecule has 0 bridgehead atoms. The van der Waals surface area contributed by atoms with Gasteiger partial charge in [0, 0.05) is 59.6 Å². The van der Waals surface area contributed by atoms with E-state index < -0.39 is 12.6 Å². The number of thiophene rings is 1. The number of amides is 1. The summed E-state index contributed by atoms with van der Waals surface area (Å²) in [5, 5.41) is 17.9. The van der Waals surface area contributed by atoms with E-state index in [2.05, 4.69) is 66.8 Å². The lowest BCUT2D eigenvalue weighted by Gasteiger charge is -2.33. The standard InChI is InChI=1S/C35H34F3N9OS/c1-3-29(48)45-28-7-5-20(16-41-28)30-31(40)32(30)47-23(15-39)12-25-19(2)21(4-6-27(25)47)17-46-10-8-22(9-11-46)44-33-26-13-24(14-35(36,37)38)49-34(26)43-18-42-33/h3-7,12-13,16,18,22,30-32H,1,8-11,14,17,40H2,2H3,(H,41,45,48)(H,42,43,44). The lowest BCUT2D eigenvalue weighted by Crippen LogP contribution is -2.39. The van der Waals surface area contributed by atoms with Crippen LogP contribution in [0.15, 0.2) is 61.6 Å². The molecule has 2 fully saturated rings. The van der Waals surface area contributed by atoms with E-state index in [4.69, 9.17) is 5.73 Å². The summed E-state index contributed by atoms with van der Waals surface area (Å²) in [5.41, 5.74) is 11.4. The number of fused-ring (bicyclic) bond motifs is 2. The summed E-state index contributed by atoms with van der Waals surface area (Å²) in [6, 6.07) is 13.6. The minimum Gasteiger partial charge on any atom is -0.367 e. The maximum absolute atomic E-state index is 13.0. The van der Waals surface area contributed by atoms with Gasteiger partial charge in [-0.25, -0.2) is 15.0 Å². The molecule has 2 aliphatic rings. The average molecular weight is 686 g/mol. The Kier molecular flexibility index (Phi) is 8.60. The first-order valence-corrected chi connectivity index (χ1v) is 16.8. The van der Waals surface area contributed by atoms with Crippen molar-refractivity contribution in [3.05, 3.63) is 88.8 Å². The molecule has 1 aromatic carbocycles. The molecule has 4 N–H and O–H groups in total. The molecule has 0 spiro atoms. The number of aromatic nitrogens is 4. The number of hydrogen-bond donors (Lipinski definition) is 3. The first-order chi connectivity index (χ1) is 23.5. The third kappa shape index (κ3) is 6.61. The van der Waals surface area contributed by atoms with Crippen LogP contribution in [0.2, 0.25) is 0 Å². The summed E-state index contributed by atoms with van der Waals surface area (Å²) < 4.78 is 40.9. The Morgan fingerprint density at radius 1 is 1.16 bits per heavy atom. The molecule has 1 aliphatic heterocycles. The topological polar surface area (TPSA) is 138 Å². The Morgan fingerprint density at radius 3 is 2.65 bits per heavy atom. The second-order valence-electron chi connectivity index (χ2n) is 12.7. The number of anilines is 2. The fourth-order valence-electron chi connectivity index (χ4n) is 6.96. The van der Waals surface area contributed by atoms with Crippen molar-refractivity contribution in [2.75, 3.05) is 23.7 Å². The van der Waals surface area contributed by atoms with E-state index in [1.54, 1.807) is 18.3 Å². The number of rotatable bonds is 9. The number of likely N-dealkylation sites (tertiary alicyclic amines) is 1. The van der Waals surface area contributed by atoms with Crippen LogP contribution in [0.25, 0.3) is 21.1 Å². The second kappa shape index (κ2) is 12.9. The number of alkyl halides is 3. The number of pyridine rings is 1. The number of halogens is 3. The first-order valence-electron chi connectivity index (χ1n) is 16.0. The Morgan fingerprint density at radius 2 is 1.96 bits per heavy atom. The Balaban J connectivity index is 1.02. The largest absolute Gasteiger partial charge is 0.393 e. The number of nitrogens with zero attached hydrogens (tertiary/aromatic N) is 6. The van der Waals surface area contributed by atoms with Gasteiger partial charge in [0.1, 0.15) is 34.6 Å². The molecule has 10 nitrogen and oxygen atoms in total. The Bertz CT molecular complexity index is 2090. The first kappa shape index (κ1) is 32.7. The van der Waals surface area contributed by atoms with Crippen LogP contribution in [0.5, 0.6) is 0 Å². The molecule has 49 heavy (non-hydrogen) atoms. The van der Waals surface area contributed by atoms with E-state index in [9.17, 15) is 23.2 Å². The molecule has 4 aromatic heterocycles. The molecule has 3 atom stereocenters. The summed E-state index contributed by atoms with van der Waals surface area (Å²) in [7, 11) is 0. The van der Waals surface area contributed by atoms with Gasteiger partial charge in [-0.05, 0) is 66.8 Å². The Labute approximate surface area is 284 Å². The number of aryl methyl sites for hydroxylation is 1. The maximum Gasteiger partial charge on any atom is 0.393 e. The molecule has 1 aliphatic carbocycles. The minimum absolute atomic E-state index is 0.0191. The number of carbonyl (C=O) groups excluding carboxylic acids is 1. The SMILES string of the molecule is C=CC(=O)Nc1ccc(C2C(N)C2n2c(C#N)cc3c(C)c(CN4CCC(Nc5ncnc6sc(CC(F)(F)F)cc56)CC4)ccc32)cn1. The van der Waals surface area contributed by atoms with Gasteiger partial charge >= 0.3 is 6.18 Å². The highest BCUT2D eigenvalue weighted by atomic mass is 32.1. The van der Waals surface area contributed by atoms with Crippen LogP contribution in [0.4, 0.5) is 24.8 Å². The lowest BCUT2D eigenvalue weighted by molar-refractivity contribution is -0.126. The second-order valence-corrected chi connectivity index (χ2v) is 13.8. The van der Waals surface area contributed by atoms with Gasteiger partial charge in [0.2, 0.25) is 5.91 Å². The van der Waals surface area contributed by atoms with Gasteiger partial charge in [0.25, 0.3) is 0 Å². The van der Waals surface area contributed by atoms with E-state index in [0.29, 0.717) is 27.5 Å². The van der Waals surface area contributed by atoms with Crippen LogP contribution >= 0.6 is 11.3 Å². The molecular weight excluding hydrogens is 652 g/mol. The van der Waals surface area contributed by atoms with Crippen molar-refractivity contribution in [3.63, 3.8) is 0 Å².